The zero-order chi connectivity index (χ0) is 21.7. The van der Waals surface area contributed by atoms with Crippen molar-refractivity contribution in [2.24, 2.45) is 0 Å². The molecule has 0 aliphatic carbocycles. The average Bonchev–Trinajstić information content (AvgIpc) is 2.96. The summed E-state index contributed by atoms with van der Waals surface area (Å²) in [5.74, 6) is -0.217. The van der Waals surface area contributed by atoms with Crippen LogP contribution >= 0.6 is 43.6 Å². The van der Waals surface area contributed by atoms with E-state index in [0.29, 0.717) is 18.0 Å². The Labute approximate surface area is 195 Å². The lowest BCUT2D eigenvalue weighted by atomic mass is 10.2. The number of amides is 3. The molecule has 1 N–H and O–H groups in total. The van der Waals surface area contributed by atoms with Crippen LogP contribution in [0.5, 0.6) is 5.75 Å². The summed E-state index contributed by atoms with van der Waals surface area (Å²) in [5.41, 5.74) is 1.33. The highest BCUT2D eigenvalue weighted by atomic mass is 79.9. The van der Waals surface area contributed by atoms with Gasteiger partial charge in [0.2, 0.25) is 5.91 Å². The third kappa shape index (κ3) is 5.74. The van der Waals surface area contributed by atoms with Gasteiger partial charge in [-0.25, -0.2) is 0 Å². The van der Waals surface area contributed by atoms with Crippen LogP contribution in [-0.2, 0) is 9.59 Å². The molecule has 1 aliphatic heterocycles. The Hall–Kier alpha value is -2.10. The second-order valence-corrected chi connectivity index (χ2v) is 9.12. The van der Waals surface area contributed by atoms with Gasteiger partial charge in [-0.15, -0.1) is 0 Å². The van der Waals surface area contributed by atoms with E-state index < -0.39 is 17.1 Å². The van der Waals surface area contributed by atoms with E-state index in [1.165, 1.54) is 0 Å². The fourth-order valence-corrected chi connectivity index (χ4v) is 4.21. The van der Waals surface area contributed by atoms with Crippen LogP contribution in [0.25, 0.3) is 6.08 Å². The summed E-state index contributed by atoms with van der Waals surface area (Å²) >= 11 is 7.59. The third-order valence-corrected chi connectivity index (χ3v) is 6.07. The molecule has 1 saturated heterocycles. The van der Waals surface area contributed by atoms with Gasteiger partial charge in [-0.05, 0) is 82.2 Å². The molecule has 3 rings (SSSR count). The van der Waals surface area contributed by atoms with Crippen molar-refractivity contribution in [3.05, 3.63) is 61.9 Å². The van der Waals surface area contributed by atoms with Gasteiger partial charge in [0.25, 0.3) is 11.1 Å². The second kappa shape index (κ2) is 10.3. The third-order valence-electron chi connectivity index (χ3n) is 4.02. The van der Waals surface area contributed by atoms with E-state index in [4.69, 9.17) is 4.74 Å². The lowest BCUT2D eigenvalue weighted by Crippen LogP contribution is -2.36. The van der Waals surface area contributed by atoms with Gasteiger partial charge in [0.15, 0.2) is 0 Å². The summed E-state index contributed by atoms with van der Waals surface area (Å²) < 4.78 is 7.26. The molecule has 30 heavy (non-hydrogen) atoms. The Kier molecular flexibility index (Phi) is 7.74. The molecule has 9 heteroatoms. The summed E-state index contributed by atoms with van der Waals surface area (Å²) in [6.45, 7) is 2.29. The van der Waals surface area contributed by atoms with E-state index >= 15 is 0 Å². The maximum absolute atomic E-state index is 12.6. The molecule has 1 aliphatic rings. The summed E-state index contributed by atoms with van der Waals surface area (Å²) in [7, 11) is 0. The molecule has 0 radical (unpaired) electrons. The van der Waals surface area contributed by atoms with Gasteiger partial charge < -0.3 is 10.1 Å². The summed E-state index contributed by atoms with van der Waals surface area (Å²) in [4.78, 5) is 38.4. The van der Waals surface area contributed by atoms with Crippen LogP contribution in [-0.4, -0.2) is 35.1 Å². The van der Waals surface area contributed by atoms with E-state index in [2.05, 4.69) is 37.2 Å². The van der Waals surface area contributed by atoms with Gasteiger partial charge in [0.05, 0.1) is 16.0 Å². The monoisotopic (exact) mass is 552 g/mol. The van der Waals surface area contributed by atoms with E-state index in [1.54, 1.807) is 30.3 Å². The molecule has 0 unspecified atom stereocenters. The number of carbonyl (C=O) groups excluding carboxylic acids is 3. The molecule has 6 nitrogen and oxygen atoms in total. The highest BCUT2D eigenvalue weighted by Gasteiger charge is 2.36. The van der Waals surface area contributed by atoms with Gasteiger partial charge in [0, 0.05) is 10.2 Å². The highest BCUT2D eigenvalue weighted by molar-refractivity contribution is 9.10. The number of imide groups is 1. The number of hydrogen-bond donors (Lipinski definition) is 1. The number of rotatable bonds is 7. The average molecular weight is 554 g/mol. The Morgan fingerprint density at radius 3 is 2.57 bits per heavy atom. The van der Waals surface area contributed by atoms with E-state index in [1.807, 2.05) is 25.1 Å². The zero-order valence-corrected chi connectivity index (χ0v) is 20.0. The van der Waals surface area contributed by atoms with Crippen LogP contribution in [0.1, 0.15) is 18.9 Å². The number of ether oxygens (including phenoxy) is 1. The number of halogens is 2. The Bertz CT molecular complexity index is 1010. The Balaban J connectivity index is 1.67. The Morgan fingerprint density at radius 1 is 1.17 bits per heavy atom. The second-order valence-electron chi connectivity index (χ2n) is 6.36. The number of thioether (sulfide) groups is 1. The molecule has 0 spiro atoms. The molecule has 0 saturated carbocycles. The molecule has 2 aromatic rings. The molecule has 0 bridgehead atoms. The fraction of sp³-hybridized carbons (Fsp3) is 0.190. The number of anilines is 1. The van der Waals surface area contributed by atoms with Gasteiger partial charge in [-0.1, -0.05) is 28.9 Å². The van der Waals surface area contributed by atoms with E-state index in [9.17, 15) is 14.4 Å². The molecule has 3 amide bonds. The predicted octanol–water partition coefficient (Wildman–Crippen LogP) is 5.68. The van der Waals surface area contributed by atoms with Gasteiger partial charge >= 0.3 is 0 Å². The van der Waals surface area contributed by atoms with Gasteiger partial charge in [0.1, 0.15) is 12.3 Å². The molecule has 156 valence electrons. The largest absolute Gasteiger partial charge is 0.492 e. The quantitative estimate of drug-likeness (QED) is 0.447. The number of hydrogen-bond acceptors (Lipinski definition) is 5. The standard InChI is InChI=1S/C21H18Br2N2O4S/c1-2-9-29-17-8-3-13(10-16(17)23)11-18-20(27)25(21(28)30-18)12-19(26)24-15-6-4-14(22)5-7-15/h3-8,10-11H,2,9,12H2,1H3,(H,24,26)/b18-11-. The first-order valence-corrected chi connectivity index (χ1v) is 11.5. The lowest BCUT2D eigenvalue weighted by molar-refractivity contribution is -0.127. The molecular formula is C21H18Br2N2O4S. The first-order chi connectivity index (χ1) is 14.4. The molecule has 2 aromatic carbocycles. The van der Waals surface area contributed by atoms with Crippen molar-refractivity contribution < 1.29 is 19.1 Å². The van der Waals surface area contributed by atoms with Crippen LogP contribution in [0.4, 0.5) is 10.5 Å². The summed E-state index contributed by atoms with van der Waals surface area (Å²) in [6, 6.07) is 12.5. The van der Waals surface area contributed by atoms with Crippen LogP contribution in [0.2, 0.25) is 0 Å². The van der Waals surface area contributed by atoms with Crippen molar-refractivity contribution >= 4 is 72.4 Å². The number of nitrogens with zero attached hydrogens (tertiary/aromatic N) is 1. The topological polar surface area (TPSA) is 75.7 Å². The maximum atomic E-state index is 12.6. The van der Waals surface area contributed by atoms with Gasteiger partial charge in [-0.3, -0.25) is 19.3 Å². The molecular weight excluding hydrogens is 536 g/mol. The minimum atomic E-state index is -0.488. The minimum absolute atomic E-state index is 0.269. The van der Waals surface area contributed by atoms with Crippen molar-refractivity contribution in [2.45, 2.75) is 13.3 Å². The van der Waals surface area contributed by atoms with E-state index in [-0.39, 0.29) is 11.4 Å². The first kappa shape index (κ1) is 22.6. The van der Waals surface area contributed by atoms with Crippen molar-refractivity contribution in [1.82, 2.24) is 4.90 Å². The maximum Gasteiger partial charge on any atom is 0.294 e. The van der Waals surface area contributed by atoms with E-state index in [0.717, 1.165) is 37.6 Å². The minimum Gasteiger partial charge on any atom is -0.492 e. The smallest absolute Gasteiger partial charge is 0.294 e. The summed E-state index contributed by atoms with van der Waals surface area (Å²) in [5, 5.41) is 2.20. The number of nitrogens with one attached hydrogen (secondary N) is 1. The van der Waals surface area contributed by atoms with Crippen molar-refractivity contribution in [1.29, 1.82) is 0 Å². The lowest BCUT2D eigenvalue weighted by Gasteiger charge is -2.12. The fourth-order valence-electron chi connectivity index (χ4n) is 2.60. The predicted molar refractivity (Wildman–Crippen MR) is 125 cm³/mol. The van der Waals surface area contributed by atoms with Crippen molar-refractivity contribution in [3.8, 4) is 5.75 Å². The number of benzene rings is 2. The van der Waals surface area contributed by atoms with Gasteiger partial charge in [-0.2, -0.15) is 0 Å². The molecule has 1 heterocycles. The van der Waals surface area contributed by atoms with Crippen LogP contribution in [0.3, 0.4) is 0 Å². The van der Waals surface area contributed by atoms with Crippen molar-refractivity contribution in [2.75, 3.05) is 18.5 Å². The first-order valence-electron chi connectivity index (χ1n) is 9.10. The highest BCUT2D eigenvalue weighted by Crippen LogP contribution is 2.34. The SMILES string of the molecule is CCCOc1ccc(/C=C2\SC(=O)N(CC(=O)Nc3ccc(Br)cc3)C2=O)cc1Br. The molecule has 0 atom stereocenters. The van der Waals surface area contributed by atoms with Crippen LogP contribution < -0.4 is 10.1 Å². The van der Waals surface area contributed by atoms with Crippen molar-refractivity contribution in [3.63, 3.8) is 0 Å². The van der Waals surface area contributed by atoms with Crippen LogP contribution in [0.15, 0.2) is 56.3 Å². The Morgan fingerprint density at radius 2 is 1.90 bits per heavy atom. The van der Waals surface area contributed by atoms with Crippen LogP contribution in [0, 0.1) is 0 Å². The number of carbonyl (C=O) groups is 3. The normalized spacial score (nSPS) is 15.0. The molecule has 1 fully saturated rings. The molecule has 0 aromatic heterocycles. The zero-order valence-electron chi connectivity index (χ0n) is 16.0. The summed E-state index contributed by atoms with van der Waals surface area (Å²) in [6.07, 6.45) is 2.53.